The van der Waals surface area contributed by atoms with E-state index in [4.69, 9.17) is 9.47 Å². The Bertz CT molecular complexity index is 413. The molecule has 0 aliphatic heterocycles. The van der Waals surface area contributed by atoms with Crippen molar-refractivity contribution in [2.45, 2.75) is 52.7 Å². The molecular formula is C15H22O3. The molecule has 0 aromatic carbocycles. The first-order valence-electron chi connectivity index (χ1n) is 6.64. The zero-order valence-electron chi connectivity index (χ0n) is 11.9. The Morgan fingerprint density at radius 2 is 2.06 bits per heavy atom. The van der Waals surface area contributed by atoms with Gasteiger partial charge in [-0.3, -0.25) is 0 Å². The topological polar surface area (TPSA) is 35.5 Å². The summed E-state index contributed by atoms with van der Waals surface area (Å²) in [6.07, 6.45) is 0.818. The highest BCUT2D eigenvalue weighted by atomic mass is 16.6. The molecule has 2 aliphatic carbocycles. The summed E-state index contributed by atoms with van der Waals surface area (Å²) >= 11 is 0. The Morgan fingerprint density at radius 3 is 2.67 bits per heavy atom. The van der Waals surface area contributed by atoms with Crippen molar-refractivity contribution < 1.29 is 14.3 Å². The van der Waals surface area contributed by atoms with Crippen LogP contribution in [0.1, 0.15) is 41.0 Å². The van der Waals surface area contributed by atoms with Crippen LogP contribution in [0.5, 0.6) is 0 Å². The fourth-order valence-corrected chi connectivity index (χ4v) is 3.04. The molecule has 2 rings (SSSR count). The lowest BCUT2D eigenvalue weighted by Crippen LogP contribution is -2.30. The van der Waals surface area contributed by atoms with Gasteiger partial charge in [0, 0.05) is 11.3 Å². The molecule has 3 heteroatoms. The van der Waals surface area contributed by atoms with Crippen LogP contribution in [0.4, 0.5) is 0 Å². The Hall–Kier alpha value is -1.01. The van der Waals surface area contributed by atoms with Gasteiger partial charge in [0.25, 0.3) is 0 Å². The van der Waals surface area contributed by atoms with E-state index >= 15 is 0 Å². The normalized spacial score (nSPS) is 35.4. The summed E-state index contributed by atoms with van der Waals surface area (Å²) in [5, 5.41) is 0. The van der Waals surface area contributed by atoms with Crippen molar-refractivity contribution in [2.75, 3.05) is 6.61 Å². The summed E-state index contributed by atoms with van der Waals surface area (Å²) in [6.45, 7) is 10.2. The number of rotatable bonds is 4. The molecule has 0 amide bonds. The molecule has 3 unspecified atom stereocenters. The van der Waals surface area contributed by atoms with Crippen molar-refractivity contribution >= 4 is 5.97 Å². The van der Waals surface area contributed by atoms with Crippen LogP contribution in [0.15, 0.2) is 0 Å². The first kappa shape index (κ1) is 13.4. The van der Waals surface area contributed by atoms with Gasteiger partial charge in [-0.2, -0.15) is 0 Å². The van der Waals surface area contributed by atoms with Gasteiger partial charge in [0.15, 0.2) is 0 Å². The molecular weight excluding hydrogens is 228 g/mol. The molecule has 1 saturated carbocycles. The molecule has 0 aromatic rings. The number of hydrogen-bond acceptors (Lipinski definition) is 3. The van der Waals surface area contributed by atoms with Crippen LogP contribution in [0.25, 0.3) is 0 Å². The van der Waals surface area contributed by atoms with E-state index < -0.39 is 0 Å². The van der Waals surface area contributed by atoms with Gasteiger partial charge in [-0.25, -0.2) is 4.79 Å². The smallest absolute Gasteiger partial charge is 0.332 e. The Morgan fingerprint density at radius 1 is 1.39 bits per heavy atom. The van der Waals surface area contributed by atoms with E-state index in [2.05, 4.69) is 32.6 Å². The van der Waals surface area contributed by atoms with Gasteiger partial charge in [-0.1, -0.05) is 32.6 Å². The highest BCUT2D eigenvalue weighted by molar-refractivity contribution is 5.71. The van der Waals surface area contributed by atoms with E-state index in [0.717, 1.165) is 6.42 Å². The molecule has 0 saturated heterocycles. The van der Waals surface area contributed by atoms with Crippen LogP contribution in [0.2, 0.25) is 0 Å². The Labute approximate surface area is 109 Å². The van der Waals surface area contributed by atoms with Gasteiger partial charge in [0.05, 0.1) is 17.6 Å². The second-order valence-electron chi connectivity index (χ2n) is 6.27. The molecule has 1 fully saturated rings. The summed E-state index contributed by atoms with van der Waals surface area (Å²) < 4.78 is 11.0. The second kappa shape index (κ2) is 4.28. The molecule has 3 atom stereocenters. The molecule has 0 bridgehead atoms. The number of hydrogen-bond donors (Lipinski definition) is 0. The van der Waals surface area contributed by atoms with E-state index in [-0.39, 0.29) is 35.6 Å². The van der Waals surface area contributed by atoms with Crippen LogP contribution in [-0.2, 0) is 14.3 Å². The predicted octanol–water partition coefficient (Wildman–Crippen LogP) is 2.39. The maximum Gasteiger partial charge on any atom is 0.332 e. The summed E-state index contributed by atoms with van der Waals surface area (Å²) in [4.78, 5) is 11.6. The third-order valence-electron chi connectivity index (χ3n) is 4.09. The average molecular weight is 250 g/mol. The van der Waals surface area contributed by atoms with Crippen LogP contribution in [0, 0.1) is 29.1 Å². The van der Waals surface area contributed by atoms with Crippen molar-refractivity contribution in [3.05, 3.63) is 0 Å². The minimum Gasteiger partial charge on any atom is -0.461 e. The molecule has 0 heterocycles. The largest absolute Gasteiger partial charge is 0.461 e. The van der Waals surface area contributed by atoms with Gasteiger partial charge in [0.2, 0.25) is 0 Å². The number of esters is 1. The Balaban J connectivity index is 1.97. The van der Waals surface area contributed by atoms with E-state index in [1.165, 1.54) is 0 Å². The Kier molecular flexibility index (Phi) is 3.19. The van der Waals surface area contributed by atoms with Crippen LogP contribution in [0.3, 0.4) is 0 Å². The first-order chi connectivity index (χ1) is 8.29. The van der Waals surface area contributed by atoms with Crippen LogP contribution >= 0.6 is 0 Å². The van der Waals surface area contributed by atoms with Crippen molar-refractivity contribution in [2.24, 2.45) is 17.3 Å². The lowest BCUT2D eigenvalue weighted by atomic mass is 9.95. The summed E-state index contributed by atoms with van der Waals surface area (Å²) in [5.41, 5.74) is -0.198. The molecule has 0 spiro atoms. The molecule has 0 radical (unpaired) electrons. The first-order valence-corrected chi connectivity index (χ1v) is 6.64. The lowest BCUT2D eigenvalue weighted by molar-refractivity contribution is -0.157. The third-order valence-corrected chi connectivity index (χ3v) is 4.09. The zero-order chi connectivity index (χ0) is 13.6. The van der Waals surface area contributed by atoms with E-state index in [0.29, 0.717) is 5.92 Å². The average Bonchev–Trinajstić information content (AvgIpc) is 2.71. The minimum atomic E-state index is -0.285. The van der Waals surface area contributed by atoms with Gasteiger partial charge in [-0.05, 0) is 20.3 Å². The lowest BCUT2D eigenvalue weighted by Gasteiger charge is -2.23. The maximum absolute atomic E-state index is 11.6. The quantitative estimate of drug-likeness (QED) is 0.567. The van der Waals surface area contributed by atoms with Crippen molar-refractivity contribution in [3.8, 4) is 11.8 Å². The second-order valence-corrected chi connectivity index (χ2v) is 6.27. The van der Waals surface area contributed by atoms with Gasteiger partial charge in [0.1, 0.15) is 6.61 Å². The zero-order valence-corrected chi connectivity index (χ0v) is 11.9. The summed E-state index contributed by atoms with van der Waals surface area (Å²) in [5.74, 6) is 6.81. The standard InChI is InChI=1S/C15H22O3/c1-10(2)18-13(16)9-17-15-8-11(3)6-7-12(15)14(15,4)5/h10-12H,8-9H2,1-5H3. The summed E-state index contributed by atoms with van der Waals surface area (Å²) in [6, 6.07) is 0. The molecule has 3 nitrogen and oxygen atoms in total. The summed E-state index contributed by atoms with van der Waals surface area (Å²) in [7, 11) is 0. The van der Waals surface area contributed by atoms with Gasteiger partial charge < -0.3 is 9.47 Å². The molecule has 2 aliphatic rings. The highest BCUT2D eigenvalue weighted by Crippen LogP contribution is 2.67. The minimum absolute atomic E-state index is 0.0342. The maximum atomic E-state index is 11.6. The molecule has 0 N–H and O–H groups in total. The predicted molar refractivity (Wildman–Crippen MR) is 68.7 cm³/mol. The van der Waals surface area contributed by atoms with Gasteiger partial charge >= 0.3 is 5.97 Å². The van der Waals surface area contributed by atoms with Crippen molar-refractivity contribution in [1.29, 1.82) is 0 Å². The molecule has 18 heavy (non-hydrogen) atoms. The fourth-order valence-electron chi connectivity index (χ4n) is 3.04. The molecule has 0 aromatic heterocycles. The number of ether oxygens (including phenoxy) is 2. The van der Waals surface area contributed by atoms with Crippen LogP contribution in [-0.4, -0.2) is 24.3 Å². The monoisotopic (exact) mass is 250 g/mol. The van der Waals surface area contributed by atoms with E-state index in [1.54, 1.807) is 0 Å². The third kappa shape index (κ3) is 2.03. The van der Waals surface area contributed by atoms with Crippen molar-refractivity contribution in [3.63, 3.8) is 0 Å². The van der Waals surface area contributed by atoms with Crippen molar-refractivity contribution in [1.82, 2.24) is 0 Å². The molecule has 100 valence electrons. The number of carbonyl (C=O) groups is 1. The van der Waals surface area contributed by atoms with Gasteiger partial charge in [-0.15, -0.1) is 0 Å². The fraction of sp³-hybridized carbons (Fsp3) is 0.800. The number of carbonyl (C=O) groups excluding carboxylic acids is 1. The van der Waals surface area contributed by atoms with E-state index in [1.807, 2.05) is 13.8 Å². The van der Waals surface area contributed by atoms with E-state index in [9.17, 15) is 4.79 Å². The SMILES string of the molecule is CC1C#CC2C(C)(C)C2(OCC(=O)OC(C)C)C1. The number of fused-ring (bicyclic) bond motifs is 1. The van der Waals surface area contributed by atoms with Crippen LogP contribution < -0.4 is 0 Å². The highest BCUT2D eigenvalue weighted by Gasteiger charge is 2.73.